The number of aryl methyl sites for hydroxylation is 1. The van der Waals surface area contributed by atoms with E-state index in [1.54, 1.807) is 11.3 Å². The molecule has 0 unspecified atom stereocenters. The Kier molecular flexibility index (Phi) is 4.57. The van der Waals surface area contributed by atoms with Crippen LogP contribution in [-0.4, -0.2) is 11.5 Å². The van der Waals surface area contributed by atoms with Crippen LogP contribution in [0.3, 0.4) is 0 Å². The van der Waals surface area contributed by atoms with Gasteiger partial charge in [0.15, 0.2) is 0 Å². The standard InChI is InChI=1S/C10H15N3S/c1-8-7-13-10(14-8)9(2)12-6-4-3-5-11/h7,9,12H,3-4,6H2,1-2H3/t9-/m1/s1. The first-order valence-corrected chi connectivity index (χ1v) is 5.58. The Bertz CT molecular complexity index is 313. The van der Waals surface area contributed by atoms with E-state index in [9.17, 15) is 0 Å². The highest BCUT2D eigenvalue weighted by atomic mass is 32.1. The quantitative estimate of drug-likeness (QED) is 0.757. The molecule has 3 nitrogen and oxygen atoms in total. The van der Waals surface area contributed by atoms with Gasteiger partial charge in [-0.15, -0.1) is 11.3 Å². The van der Waals surface area contributed by atoms with Gasteiger partial charge in [0.1, 0.15) is 5.01 Å². The number of aromatic nitrogens is 1. The minimum absolute atomic E-state index is 0.299. The Morgan fingerprint density at radius 3 is 3.07 bits per heavy atom. The first-order chi connectivity index (χ1) is 6.74. The molecule has 1 rings (SSSR count). The third-order valence-electron chi connectivity index (χ3n) is 1.93. The molecular weight excluding hydrogens is 194 g/mol. The number of nitrogens with zero attached hydrogens (tertiary/aromatic N) is 2. The minimum Gasteiger partial charge on any atom is -0.308 e. The van der Waals surface area contributed by atoms with Crippen LogP contribution in [0.4, 0.5) is 0 Å². The van der Waals surface area contributed by atoms with Gasteiger partial charge in [0.2, 0.25) is 0 Å². The Morgan fingerprint density at radius 1 is 1.71 bits per heavy atom. The van der Waals surface area contributed by atoms with Gasteiger partial charge in [-0.1, -0.05) is 0 Å². The fourth-order valence-corrected chi connectivity index (χ4v) is 1.95. The van der Waals surface area contributed by atoms with E-state index in [0.29, 0.717) is 12.5 Å². The second-order valence-corrected chi connectivity index (χ2v) is 4.51. The van der Waals surface area contributed by atoms with Crippen LogP contribution in [0.5, 0.6) is 0 Å². The van der Waals surface area contributed by atoms with Gasteiger partial charge in [-0.25, -0.2) is 4.98 Å². The second kappa shape index (κ2) is 5.74. The minimum atomic E-state index is 0.299. The SMILES string of the molecule is Cc1cnc([C@@H](C)NCCCC#N)s1. The van der Waals surface area contributed by atoms with Crippen molar-refractivity contribution in [1.29, 1.82) is 5.26 Å². The zero-order valence-electron chi connectivity index (χ0n) is 8.58. The largest absolute Gasteiger partial charge is 0.308 e. The van der Waals surface area contributed by atoms with Crippen LogP contribution in [-0.2, 0) is 0 Å². The van der Waals surface area contributed by atoms with Gasteiger partial charge >= 0.3 is 0 Å². The number of hydrogen-bond donors (Lipinski definition) is 1. The lowest BCUT2D eigenvalue weighted by Crippen LogP contribution is -2.19. The van der Waals surface area contributed by atoms with E-state index in [1.807, 2.05) is 6.20 Å². The smallest absolute Gasteiger partial charge is 0.109 e. The second-order valence-electron chi connectivity index (χ2n) is 3.25. The Hall–Kier alpha value is -0.920. The van der Waals surface area contributed by atoms with E-state index >= 15 is 0 Å². The summed E-state index contributed by atoms with van der Waals surface area (Å²) in [5.74, 6) is 0. The lowest BCUT2D eigenvalue weighted by atomic mass is 10.3. The zero-order valence-corrected chi connectivity index (χ0v) is 9.40. The van der Waals surface area contributed by atoms with Gasteiger partial charge in [0, 0.05) is 17.5 Å². The summed E-state index contributed by atoms with van der Waals surface area (Å²) in [6.07, 6.45) is 3.43. The van der Waals surface area contributed by atoms with E-state index in [4.69, 9.17) is 5.26 Å². The lowest BCUT2D eigenvalue weighted by molar-refractivity contribution is 0.559. The molecule has 4 heteroatoms. The molecule has 0 bridgehead atoms. The molecular formula is C10H15N3S. The van der Waals surface area contributed by atoms with E-state index in [-0.39, 0.29) is 0 Å². The number of nitriles is 1. The number of thiazole rings is 1. The van der Waals surface area contributed by atoms with Crippen molar-refractivity contribution in [2.45, 2.75) is 32.7 Å². The molecule has 1 aromatic rings. The van der Waals surface area contributed by atoms with Crippen molar-refractivity contribution >= 4 is 11.3 Å². The summed E-state index contributed by atoms with van der Waals surface area (Å²) >= 11 is 1.72. The van der Waals surface area contributed by atoms with Crippen molar-refractivity contribution in [3.8, 4) is 6.07 Å². The molecule has 1 atom stereocenters. The van der Waals surface area contributed by atoms with E-state index in [2.05, 4.69) is 30.2 Å². The molecule has 76 valence electrons. The van der Waals surface area contributed by atoms with E-state index < -0.39 is 0 Å². The maximum Gasteiger partial charge on any atom is 0.109 e. The topological polar surface area (TPSA) is 48.7 Å². The Morgan fingerprint density at radius 2 is 2.50 bits per heavy atom. The number of rotatable bonds is 5. The van der Waals surface area contributed by atoms with E-state index in [1.165, 1.54) is 4.88 Å². The molecule has 0 amide bonds. The van der Waals surface area contributed by atoms with Crippen molar-refractivity contribution in [3.63, 3.8) is 0 Å². The summed E-state index contributed by atoms with van der Waals surface area (Å²) in [4.78, 5) is 5.55. The molecule has 1 N–H and O–H groups in total. The van der Waals surface area contributed by atoms with Gasteiger partial charge in [0.05, 0.1) is 12.1 Å². The molecule has 0 aliphatic carbocycles. The summed E-state index contributed by atoms with van der Waals surface area (Å²) in [5.41, 5.74) is 0. The molecule has 0 aliphatic rings. The molecule has 14 heavy (non-hydrogen) atoms. The summed E-state index contributed by atoms with van der Waals surface area (Å²) in [7, 11) is 0. The van der Waals surface area contributed by atoms with E-state index in [0.717, 1.165) is 18.0 Å². The summed E-state index contributed by atoms with van der Waals surface area (Å²) in [6, 6.07) is 2.43. The first kappa shape index (κ1) is 11.2. The molecule has 0 spiro atoms. The molecule has 0 aliphatic heterocycles. The van der Waals surface area contributed by atoms with Gasteiger partial charge in [-0.05, 0) is 26.8 Å². The lowest BCUT2D eigenvalue weighted by Gasteiger charge is -2.09. The molecule has 0 aromatic carbocycles. The Balaban J connectivity index is 2.29. The van der Waals surface area contributed by atoms with Crippen molar-refractivity contribution in [2.75, 3.05) is 6.54 Å². The predicted octanol–water partition coefficient (Wildman–Crippen LogP) is 2.41. The van der Waals surface area contributed by atoms with Crippen LogP contribution in [0.1, 0.15) is 35.7 Å². The number of hydrogen-bond acceptors (Lipinski definition) is 4. The van der Waals surface area contributed by atoms with Crippen LogP contribution in [0.2, 0.25) is 0 Å². The van der Waals surface area contributed by atoms with Crippen LogP contribution < -0.4 is 5.32 Å². The summed E-state index contributed by atoms with van der Waals surface area (Å²) < 4.78 is 0. The third kappa shape index (κ3) is 3.44. The maximum atomic E-state index is 8.36. The van der Waals surface area contributed by atoms with Crippen LogP contribution >= 0.6 is 11.3 Å². The third-order valence-corrected chi connectivity index (χ3v) is 3.02. The monoisotopic (exact) mass is 209 g/mol. The summed E-state index contributed by atoms with van der Waals surface area (Å²) in [5, 5.41) is 12.8. The molecule has 0 fully saturated rings. The zero-order chi connectivity index (χ0) is 10.4. The molecule has 0 saturated heterocycles. The first-order valence-electron chi connectivity index (χ1n) is 4.76. The van der Waals surface area contributed by atoms with Crippen LogP contribution in [0.25, 0.3) is 0 Å². The molecule has 1 heterocycles. The Labute approximate surface area is 88.8 Å². The van der Waals surface area contributed by atoms with Crippen molar-refractivity contribution in [1.82, 2.24) is 10.3 Å². The van der Waals surface area contributed by atoms with Crippen LogP contribution in [0, 0.1) is 18.3 Å². The average Bonchev–Trinajstić information content (AvgIpc) is 2.59. The highest BCUT2D eigenvalue weighted by Gasteiger charge is 2.07. The highest BCUT2D eigenvalue weighted by Crippen LogP contribution is 2.18. The highest BCUT2D eigenvalue weighted by molar-refractivity contribution is 7.11. The van der Waals surface area contributed by atoms with Crippen molar-refractivity contribution in [2.24, 2.45) is 0 Å². The maximum absolute atomic E-state index is 8.36. The van der Waals surface area contributed by atoms with Gasteiger partial charge in [-0.3, -0.25) is 0 Å². The molecule has 1 aromatic heterocycles. The number of nitrogens with one attached hydrogen (secondary N) is 1. The van der Waals surface area contributed by atoms with Crippen LogP contribution in [0.15, 0.2) is 6.20 Å². The van der Waals surface area contributed by atoms with Crippen molar-refractivity contribution in [3.05, 3.63) is 16.1 Å². The fraction of sp³-hybridized carbons (Fsp3) is 0.600. The predicted molar refractivity (Wildman–Crippen MR) is 58.1 cm³/mol. The summed E-state index contributed by atoms with van der Waals surface area (Å²) in [6.45, 7) is 5.04. The van der Waals surface area contributed by atoms with Crippen molar-refractivity contribution < 1.29 is 0 Å². The average molecular weight is 209 g/mol. The number of unbranched alkanes of at least 4 members (excludes halogenated alkanes) is 1. The van der Waals surface area contributed by atoms with Gasteiger partial charge in [-0.2, -0.15) is 5.26 Å². The van der Waals surface area contributed by atoms with Gasteiger partial charge < -0.3 is 5.32 Å². The van der Waals surface area contributed by atoms with Gasteiger partial charge in [0.25, 0.3) is 0 Å². The molecule has 0 radical (unpaired) electrons. The fourth-order valence-electron chi connectivity index (χ4n) is 1.15. The normalized spacial score (nSPS) is 12.4. The molecule has 0 saturated carbocycles.